The van der Waals surface area contributed by atoms with E-state index in [1.54, 1.807) is 24.3 Å². The standard InChI is InChI=1S/C22H21N5O3/c1-26-19-18(20(29)25-22(26)30)27(14-17(28)16-10-6-3-7-11-16)21(24-19)23-13-12-15-8-4-2-5-9-15/h2-11H,12-14H2,1H3,(H,23,24)(H,25,29,30). The molecule has 0 fully saturated rings. The molecule has 8 heteroatoms. The van der Waals surface area contributed by atoms with Gasteiger partial charge in [-0.3, -0.25) is 23.7 Å². The van der Waals surface area contributed by atoms with Gasteiger partial charge in [0.1, 0.15) is 0 Å². The van der Waals surface area contributed by atoms with Crippen LogP contribution in [-0.2, 0) is 20.0 Å². The summed E-state index contributed by atoms with van der Waals surface area (Å²) in [5.74, 6) is 0.214. The number of aryl methyl sites for hydroxylation is 1. The van der Waals surface area contributed by atoms with E-state index in [1.807, 2.05) is 36.4 Å². The van der Waals surface area contributed by atoms with Crippen LogP contribution in [0.25, 0.3) is 11.2 Å². The predicted octanol–water partition coefficient (Wildman–Crippen LogP) is 1.96. The largest absolute Gasteiger partial charge is 0.355 e. The van der Waals surface area contributed by atoms with Gasteiger partial charge in [0, 0.05) is 19.2 Å². The quantitative estimate of drug-likeness (QED) is 0.459. The molecule has 0 spiro atoms. The molecule has 30 heavy (non-hydrogen) atoms. The van der Waals surface area contributed by atoms with Crippen LogP contribution in [0.15, 0.2) is 70.3 Å². The maximum atomic E-state index is 12.8. The first-order valence-electron chi connectivity index (χ1n) is 9.60. The maximum absolute atomic E-state index is 12.8. The second-order valence-corrected chi connectivity index (χ2v) is 6.96. The van der Waals surface area contributed by atoms with Crippen LogP contribution in [0.3, 0.4) is 0 Å². The normalized spacial score (nSPS) is 11.0. The number of benzene rings is 2. The minimum absolute atomic E-state index is 0.0739. The summed E-state index contributed by atoms with van der Waals surface area (Å²) in [4.78, 5) is 44.1. The van der Waals surface area contributed by atoms with Crippen LogP contribution in [0.2, 0.25) is 0 Å². The predicted molar refractivity (Wildman–Crippen MR) is 115 cm³/mol. The fourth-order valence-electron chi connectivity index (χ4n) is 3.35. The summed E-state index contributed by atoms with van der Waals surface area (Å²) < 4.78 is 2.80. The molecule has 0 aliphatic carbocycles. The number of carbonyl (C=O) groups is 1. The van der Waals surface area contributed by atoms with Gasteiger partial charge in [-0.1, -0.05) is 60.7 Å². The number of nitrogens with one attached hydrogen (secondary N) is 2. The van der Waals surface area contributed by atoms with Crippen LogP contribution >= 0.6 is 0 Å². The van der Waals surface area contributed by atoms with Gasteiger partial charge in [0.2, 0.25) is 5.95 Å². The van der Waals surface area contributed by atoms with Gasteiger partial charge >= 0.3 is 5.69 Å². The zero-order valence-electron chi connectivity index (χ0n) is 16.5. The average molecular weight is 403 g/mol. The minimum Gasteiger partial charge on any atom is -0.355 e. The first-order valence-corrected chi connectivity index (χ1v) is 9.60. The van der Waals surface area contributed by atoms with Gasteiger partial charge in [0.25, 0.3) is 5.56 Å². The van der Waals surface area contributed by atoms with E-state index in [4.69, 9.17) is 0 Å². The number of anilines is 1. The molecule has 2 aromatic carbocycles. The highest BCUT2D eigenvalue weighted by Gasteiger charge is 2.19. The van der Waals surface area contributed by atoms with Crippen LogP contribution in [0.1, 0.15) is 15.9 Å². The summed E-state index contributed by atoms with van der Waals surface area (Å²) >= 11 is 0. The van der Waals surface area contributed by atoms with Crippen molar-refractivity contribution in [2.45, 2.75) is 13.0 Å². The third-order valence-corrected chi connectivity index (χ3v) is 4.94. The lowest BCUT2D eigenvalue weighted by Gasteiger charge is -2.10. The number of rotatable bonds is 7. The SMILES string of the molecule is Cn1c(=O)[nH]c(=O)c2c1nc(NCCc1ccccc1)n2CC(=O)c1ccccc1. The number of hydrogen-bond donors (Lipinski definition) is 2. The van der Waals surface area contributed by atoms with E-state index in [0.29, 0.717) is 18.1 Å². The van der Waals surface area contributed by atoms with Gasteiger partial charge in [-0.2, -0.15) is 4.98 Å². The lowest BCUT2D eigenvalue weighted by Crippen LogP contribution is -2.29. The number of hydrogen-bond acceptors (Lipinski definition) is 5. The smallest absolute Gasteiger partial charge is 0.329 e. The van der Waals surface area contributed by atoms with Crippen molar-refractivity contribution in [2.24, 2.45) is 7.05 Å². The summed E-state index contributed by atoms with van der Waals surface area (Å²) in [6.45, 7) is 0.480. The van der Waals surface area contributed by atoms with Crippen molar-refractivity contribution in [3.8, 4) is 0 Å². The summed E-state index contributed by atoms with van der Waals surface area (Å²) in [5.41, 5.74) is 0.976. The molecule has 0 saturated heterocycles. The molecule has 4 aromatic rings. The van der Waals surface area contributed by atoms with Crippen LogP contribution in [0.5, 0.6) is 0 Å². The van der Waals surface area contributed by atoms with E-state index in [2.05, 4.69) is 15.3 Å². The van der Waals surface area contributed by atoms with Crippen molar-refractivity contribution in [2.75, 3.05) is 11.9 Å². The van der Waals surface area contributed by atoms with Gasteiger partial charge in [0.05, 0.1) is 6.54 Å². The molecule has 2 aromatic heterocycles. The molecule has 4 rings (SSSR count). The molecule has 0 amide bonds. The van der Waals surface area contributed by atoms with Crippen molar-refractivity contribution in [1.82, 2.24) is 19.1 Å². The van der Waals surface area contributed by atoms with Crippen LogP contribution in [0.4, 0.5) is 5.95 Å². The Kier molecular flexibility index (Phi) is 5.30. The Morgan fingerprint density at radius 1 is 1.03 bits per heavy atom. The topological polar surface area (TPSA) is 102 Å². The highest BCUT2D eigenvalue weighted by Crippen LogP contribution is 2.17. The summed E-state index contributed by atoms with van der Waals surface area (Å²) in [6, 6.07) is 18.8. The minimum atomic E-state index is -0.572. The zero-order valence-corrected chi connectivity index (χ0v) is 16.5. The van der Waals surface area contributed by atoms with Gasteiger partial charge in [-0.15, -0.1) is 0 Å². The molecule has 0 aliphatic heterocycles. The van der Waals surface area contributed by atoms with Crippen molar-refractivity contribution in [3.05, 3.63) is 92.6 Å². The Labute approximate surface area is 171 Å². The zero-order chi connectivity index (χ0) is 21.1. The highest BCUT2D eigenvalue weighted by atomic mass is 16.2. The summed E-state index contributed by atoms with van der Waals surface area (Å²) in [6.07, 6.45) is 0.742. The Morgan fingerprint density at radius 3 is 2.40 bits per heavy atom. The van der Waals surface area contributed by atoms with E-state index in [0.717, 1.165) is 12.0 Å². The number of imidazole rings is 1. The number of aromatic amines is 1. The lowest BCUT2D eigenvalue weighted by molar-refractivity contribution is 0.0974. The van der Waals surface area contributed by atoms with Crippen molar-refractivity contribution < 1.29 is 4.79 Å². The first kappa shape index (κ1) is 19.4. The van der Waals surface area contributed by atoms with E-state index in [-0.39, 0.29) is 23.5 Å². The Bertz CT molecular complexity index is 1300. The highest BCUT2D eigenvalue weighted by molar-refractivity contribution is 5.96. The molecule has 0 radical (unpaired) electrons. The fourth-order valence-corrected chi connectivity index (χ4v) is 3.35. The number of ketones is 1. The molecule has 0 atom stereocenters. The first-order chi connectivity index (χ1) is 14.5. The second kappa shape index (κ2) is 8.20. The molecular formula is C22H21N5O3. The monoisotopic (exact) mass is 403 g/mol. The van der Waals surface area contributed by atoms with E-state index in [9.17, 15) is 14.4 Å². The fraction of sp³-hybridized carbons (Fsp3) is 0.182. The Morgan fingerprint density at radius 2 is 1.70 bits per heavy atom. The molecule has 0 bridgehead atoms. The van der Waals surface area contributed by atoms with Gasteiger partial charge in [-0.05, 0) is 12.0 Å². The van der Waals surface area contributed by atoms with Gasteiger partial charge < -0.3 is 5.32 Å². The molecule has 0 aliphatic rings. The number of nitrogens with zero attached hydrogens (tertiary/aromatic N) is 3. The van der Waals surface area contributed by atoms with E-state index in [1.165, 1.54) is 16.2 Å². The third-order valence-electron chi connectivity index (χ3n) is 4.94. The van der Waals surface area contributed by atoms with Gasteiger partial charge in [0.15, 0.2) is 16.9 Å². The number of carbonyl (C=O) groups excluding carboxylic acids is 1. The third kappa shape index (κ3) is 3.80. The molecule has 0 saturated carbocycles. The number of aromatic nitrogens is 4. The Balaban J connectivity index is 1.70. The van der Waals surface area contributed by atoms with Crippen molar-refractivity contribution in [1.29, 1.82) is 0 Å². The van der Waals surface area contributed by atoms with Crippen LogP contribution in [-0.4, -0.2) is 31.4 Å². The molecule has 8 nitrogen and oxygen atoms in total. The number of H-pyrrole nitrogens is 1. The summed E-state index contributed by atoms with van der Waals surface area (Å²) in [5, 5.41) is 3.21. The number of Topliss-reactive ketones (excluding diaryl/α,β-unsaturated/α-hetero) is 1. The van der Waals surface area contributed by atoms with Gasteiger partial charge in [-0.25, -0.2) is 4.79 Å². The van der Waals surface area contributed by atoms with Crippen LogP contribution < -0.4 is 16.6 Å². The molecule has 2 N–H and O–H groups in total. The van der Waals surface area contributed by atoms with E-state index >= 15 is 0 Å². The molecule has 0 unspecified atom stereocenters. The lowest BCUT2D eigenvalue weighted by atomic mass is 10.1. The molecule has 152 valence electrons. The summed E-state index contributed by atoms with van der Waals surface area (Å²) in [7, 11) is 1.53. The maximum Gasteiger partial charge on any atom is 0.329 e. The second-order valence-electron chi connectivity index (χ2n) is 6.96. The molecule has 2 heterocycles. The van der Waals surface area contributed by atoms with Crippen molar-refractivity contribution in [3.63, 3.8) is 0 Å². The van der Waals surface area contributed by atoms with Crippen molar-refractivity contribution >= 4 is 22.9 Å². The van der Waals surface area contributed by atoms with Crippen LogP contribution in [0, 0.1) is 0 Å². The van der Waals surface area contributed by atoms with E-state index < -0.39 is 11.2 Å². The Hall–Kier alpha value is -3.94. The average Bonchev–Trinajstić information content (AvgIpc) is 3.12. The number of fused-ring (bicyclic) bond motifs is 1. The molecular weight excluding hydrogens is 382 g/mol.